The van der Waals surface area contributed by atoms with Gasteiger partial charge in [0.15, 0.2) is 11.1 Å². The summed E-state index contributed by atoms with van der Waals surface area (Å²) in [6, 6.07) is 11.6. The van der Waals surface area contributed by atoms with Crippen molar-refractivity contribution in [3.05, 3.63) is 48.0 Å². The molecule has 1 aromatic heterocycles. The molecule has 9 nitrogen and oxygen atoms in total. The molecule has 0 fully saturated rings. The van der Waals surface area contributed by atoms with Crippen LogP contribution in [0.3, 0.4) is 0 Å². The van der Waals surface area contributed by atoms with Gasteiger partial charge in [-0.2, -0.15) is 0 Å². The van der Waals surface area contributed by atoms with Crippen LogP contribution in [0.1, 0.15) is 10.4 Å². The molecule has 1 atom stereocenters. The van der Waals surface area contributed by atoms with Crippen molar-refractivity contribution >= 4 is 50.8 Å². The van der Waals surface area contributed by atoms with E-state index in [1.54, 1.807) is 42.5 Å². The van der Waals surface area contributed by atoms with E-state index in [-0.39, 0.29) is 10.5 Å². The number of carbonyl (C=O) groups is 1. The SMILES string of the molecule is NC(=O)c1cc2c3c(cc(S(=O)O)cc3c1)-c1nc3ccc(SOOO)cc3nc1-2. The molecule has 5 rings (SSSR count). The minimum Gasteiger partial charge on any atom is -0.366 e. The van der Waals surface area contributed by atoms with E-state index in [1.165, 1.54) is 0 Å². The van der Waals surface area contributed by atoms with Crippen LogP contribution in [0.2, 0.25) is 0 Å². The number of rotatable bonds is 5. The van der Waals surface area contributed by atoms with Crippen molar-refractivity contribution in [2.24, 2.45) is 5.73 Å². The van der Waals surface area contributed by atoms with Gasteiger partial charge in [-0.3, -0.25) is 4.79 Å². The molecule has 0 saturated carbocycles. The largest absolute Gasteiger partial charge is 0.366 e. The first-order valence-corrected chi connectivity index (χ1v) is 10.3. The summed E-state index contributed by atoms with van der Waals surface area (Å²) >= 11 is -1.42. The minimum absolute atomic E-state index is 0.188. The highest BCUT2D eigenvalue weighted by Crippen LogP contribution is 2.47. The van der Waals surface area contributed by atoms with Crippen molar-refractivity contribution in [1.82, 2.24) is 9.97 Å². The second-order valence-corrected chi connectivity index (χ2v) is 8.25. The van der Waals surface area contributed by atoms with Gasteiger partial charge in [-0.1, -0.05) is 5.04 Å². The number of nitrogens with zero attached hydrogens (tertiary/aromatic N) is 2. The molecule has 1 unspecified atom stereocenters. The summed E-state index contributed by atoms with van der Waals surface area (Å²) in [5.74, 6) is -0.618. The molecule has 0 spiro atoms. The van der Waals surface area contributed by atoms with Gasteiger partial charge in [0, 0.05) is 27.0 Å². The van der Waals surface area contributed by atoms with E-state index in [9.17, 15) is 13.6 Å². The highest BCUT2D eigenvalue weighted by molar-refractivity contribution is 7.94. The number of nitrogens with two attached hydrogens (primary N) is 1. The van der Waals surface area contributed by atoms with Crippen molar-refractivity contribution in [3.63, 3.8) is 0 Å². The maximum atomic E-state index is 11.8. The quantitative estimate of drug-likeness (QED) is 0.161. The lowest BCUT2D eigenvalue weighted by atomic mass is 10.0. The maximum Gasteiger partial charge on any atom is 0.248 e. The Hall–Kier alpha value is -2.93. The normalized spacial score (nSPS) is 13.0. The van der Waals surface area contributed by atoms with Crippen LogP contribution in [-0.4, -0.2) is 29.9 Å². The summed E-state index contributed by atoms with van der Waals surface area (Å²) < 4.78 is 25.8. The molecule has 3 aromatic carbocycles. The second-order valence-electron chi connectivity index (χ2n) is 6.50. The van der Waals surface area contributed by atoms with Crippen LogP contribution in [0.25, 0.3) is 44.3 Å². The smallest absolute Gasteiger partial charge is 0.248 e. The van der Waals surface area contributed by atoms with Crippen molar-refractivity contribution in [3.8, 4) is 22.5 Å². The van der Waals surface area contributed by atoms with Crippen LogP contribution in [-0.2, 0) is 20.5 Å². The molecule has 0 radical (unpaired) electrons. The summed E-state index contributed by atoms with van der Waals surface area (Å²) in [6.07, 6.45) is 0. The molecular formula is C19H11N3O6S2. The summed E-state index contributed by atoms with van der Waals surface area (Å²) in [5, 5.41) is 13.3. The van der Waals surface area contributed by atoms with Gasteiger partial charge in [0.2, 0.25) is 5.91 Å². The van der Waals surface area contributed by atoms with E-state index in [0.29, 0.717) is 43.8 Å². The van der Waals surface area contributed by atoms with Crippen LogP contribution >= 0.6 is 12.0 Å². The molecule has 1 amide bonds. The molecule has 0 bridgehead atoms. The van der Waals surface area contributed by atoms with Gasteiger partial charge in [-0.05, 0) is 47.9 Å². The number of benzene rings is 3. The Balaban J connectivity index is 1.81. The number of hydrogen-bond acceptors (Lipinski definition) is 8. The maximum absolute atomic E-state index is 11.8. The zero-order valence-electron chi connectivity index (χ0n) is 14.9. The summed E-state index contributed by atoms with van der Waals surface area (Å²) in [5.41, 5.74) is 9.31. The average molecular weight is 441 g/mol. The van der Waals surface area contributed by atoms with Gasteiger partial charge in [0.05, 0.1) is 39.4 Å². The van der Waals surface area contributed by atoms with Gasteiger partial charge >= 0.3 is 0 Å². The molecule has 0 aliphatic heterocycles. The fourth-order valence-corrected chi connectivity index (χ4v) is 4.46. The zero-order chi connectivity index (χ0) is 21.0. The van der Waals surface area contributed by atoms with Gasteiger partial charge < -0.3 is 10.3 Å². The Morgan fingerprint density at radius 3 is 2.47 bits per heavy atom. The van der Waals surface area contributed by atoms with Crippen LogP contribution in [0, 0.1) is 0 Å². The molecular weight excluding hydrogens is 430 g/mol. The summed E-state index contributed by atoms with van der Waals surface area (Å²) in [6.45, 7) is 0. The van der Waals surface area contributed by atoms with Gasteiger partial charge in [-0.15, -0.1) is 4.33 Å². The number of hydrogen-bond donors (Lipinski definition) is 3. The van der Waals surface area contributed by atoms with Gasteiger partial charge in [0.25, 0.3) is 0 Å². The zero-order valence-corrected chi connectivity index (χ0v) is 16.5. The van der Waals surface area contributed by atoms with E-state index in [1.807, 2.05) is 0 Å². The number of fused-ring (bicyclic) bond motifs is 4. The minimum atomic E-state index is -2.21. The molecule has 30 heavy (non-hydrogen) atoms. The summed E-state index contributed by atoms with van der Waals surface area (Å²) in [7, 11) is 0. The highest BCUT2D eigenvalue weighted by Gasteiger charge is 2.27. The van der Waals surface area contributed by atoms with E-state index < -0.39 is 17.0 Å². The van der Waals surface area contributed by atoms with E-state index in [2.05, 4.69) is 9.37 Å². The molecule has 4 aromatic rings. The first-order chi connectivity index (χ1) is 14.5. The van der Waals surface area contributed by atoms with E-state index >= 15 is 0 Å². The van der Waals surface area contributed by atoms with Crippen molar-refractivity contribution in [1.29, 1.82) is 0 Å². The fourth-order valence-electron chi connectivity index (χ4n) is 3.62. The van der Waals surface area contributed by atoms with Crippen molar-refractivity contribution in [2.75, 3.05) is 0 Å². The van der Waals surface area contributed by atoms with E-state index in [4.69, 9.17) is 21.0 Å². The van der Waals surface area contributed by atoms with E-state index in [0.717, 1.165) is 17.4 Å². The van der Waals surface area contributed by atoms with Crippen LogP contribution < -0.4 is 5.73 Å². The molecule has 150 valence electrons. The number of amides is 1. The molecule has 1 heterocycles. The Morgan fingerprint density at radius 2 is 1.77 bits per heavy atom. The predicted octanol–water partition coefficient (Wildman–Crippen LogP) is 3.54. The first-order valence-electron chi connectivity index (χ1n) is 8.46. The fraction of sp³-hybridized carbons (Fsp3) is 0. The third-order valence-corrected chi connectivity index (χ3v) is 6.03. The molecule has 4 N–H and O–H groups in total. The summed E-state index contributed by atoms with van der Waals surface area (Å²) in [4.78, 5) is 22.1. The molecule has 1 aliphatic carbocycles. The Morgan fingerprint density at radius 1 is 1.03 bits per heavy atom. The average Bonchev–Trinajstić information content (AvgIpc) is 3.04. The first kappa shape index (κ1) is 19.1. The van der Waals surface area contributed by atoms with Crippen LogP contribution in [0.5, 0.6) is 0 Å². The van der Waals surface area contributed by atoms with Crippen molar-refractivity contribution < 1.29 is 28.2 Å². The lowest BCUT2D eigenvalue weighted by Crippen LogP contribution is -2.10. The van der Waals surface area contributed by atoms with Crippen LogP contribution in [0.4, 0.5) is 0 Å². The monoisotopic (exact) mass is 441 g/mol. The van der Waals surface area contributed by atoms with Gasteiger partial charge in [0.1, 0.15) is 0 Å². The number of carbonyl (C=O) groups excluding carboxylic acids is 1. The van der Waals surface area contributed by atoms with Crippen molar-refractivity contribution in [2.45, 2.75) is 9.79 Å². The second kappa shape index (κ2) is 7.09. The Labute approximate surface area is 175 Å². The number of primary amides is 1. The lowest BCUT2D eigenvalue weighted by molar-refractivity contribution is -0.432. The third-order valence-electron chi connectivity index (χ3n) is 4.82. The highest BCUT2D eigenvalue weighted by atomic mass is 32.2. The van der Waals surface area contributed by atoms with Crippen LogP contribution in [0.15, 0.2) is 52.3 Å². The molecule has 1 aliphatic rings. The standard InChI is InChI=1S/C19H11N3O6S2/c20-19(23)9-3-8-4-11(30(25)26)7-13-16(8)12(5-9)17-18(13)21-14-2-1-10(29-28-27-24)6-15(14)22-17/h1-7,24H,(H2,20,23)(H,25,26). The Bertz CT molecular complexity index is 1400. The van der Waals surface area contributed by atoms with Gasteiger partial charge in [-0.25, -0.2) is 19.4 Å². The number of aromatic nitrogens is 2. The third kappa shape index (κ3) is 2.96. The predicted molar refractivity (Wildman–Crippen MR) is 110 cm³/mol. The molecule has 11 heteroatoms. The molecule has 0 saturated heterocycles. The topological polar surface area (TPSA) is 145 Å². The lowest BCUT2D eigenvalue weighted by Gasteiger charge is -2.06. The Kier molecular flexibility index (Phi) is 4.50.